The van der Waals surface area contributed by atoms with Gasteiger partial charge in [-0.05, 0) is 18.5 Å². The highest BCUT2D eigenvalue weighted by molar-refractivity contribution is 5.15. The number of nitrogens with two attached hydrogens (primary N) is 1. The average Bonchev–Trinajstić information content (AvgIpc) is 2.17. The van der Waals surface area contributed by atoms with Crippen LogP contribution < -0.4 is 5.73 Å². The molecule has 0 unspecified atom stereocenters. The van der Waals surface area contributed by atoms with Crippen molar-refractivity contribution in [2.45, 2.75) is 18.6 Å². The molecule has 1 saturated heterocycles. The first kappa shape index (κ1) is 10.6. The van der Waals surface area contributed by atoms with Gasteiger partial charge in [-0.25, -0.2) is 0 Å². The topological polar surface area (TPSA) is 49.5 Å². The van der Waals surface area contributed by atoms with Crippen LogP contribution in [-0.2, 0) is 6.54 Å². The zero-order chi connectivity index (χ0) is 10.7. The Labute approximate surface area is 90.5 Å². The summed E-state index contributed by atoms with van der Waals surface area (Å²) in [5.74, 6) is 0. The van der Waals surface area contributed by atoms with E-state index in [4.69, 9.17) is 5.73 Å². The molecule has 15 heavy (non-hydrogen) atoms. The summed E-state index contributed by atoms with van der Waals surface area (Å²) < 4.78 is 0. The minimum absolute atomic E-state index is 0.524. The van der Waals surface area contributed by atoms with E-state index in [0.29, 0.717) is 13.0 Å². The molecular weight excluding hydrogens is 188 g/mol. The maximum Gasteiger partial charge on any atom is 0.0912 e. The average molecular weight is 206 g/mol. The molecule has 1 aliphatic rings. The van der Waals surface area contributed by atoms with Crippen LogP contribution in [0.2, 0.25) is 0 Å². The summed E-state index contributed by atoms with van der Waals surface area (Å²) in [4.78, 5) is 2.24. The van der Waals surface area contributed by atoms with Crippen molar-refractivity contribution in [3.8, 4) is 0 Å². The van der Waals surface area contributed by atoms with Crippen LogP contribution in [0.25, 0.3) is 0 Å². The molecule has 3 nitrogen and oxygen atoms in total. The van der Waals surface area contributed by atoms with Gasteiger partial charge in [-0.3, -0.25) is 4.90 Å². The maximum atomic E-state index is 9.94. The summed E-state index contributed by atoms with van der Waals surface area (Å²) in [6, 6.07) is 10.3. The Morgan fingerprint density at radius 2 is 1.93 bits per heavy atom. The maximum absolute atomic E-state index is 9.94. The van der Waals surface area contributed by atoms with Gasteiger partial charge < -0.3 is 10.8 Å². The van der Waals surface area contributed by atoms with Crippen LogP contribution in [0.1, 0.15) is 12.0 Å². The molecule has 0 amide bonds. The van der Waals surface area contributed by atoms with Crippen LogP contribution in [0, 0.1) is 0 Å². The lowest BCUT2D eigenvalue weighted by Crippen LogP contribution is -2.61. The third-order valence-corrected chi connectivity index (χ3v) is 2.89. The van der Waals surface area contributed by atoms with E-state index < -0.39 is 5.60 Å². The van der Waals surface area contributed by atoms with E-state index in [1.807, 2.05) is 18.2 Å². The van der Waals surface area contributed by atoms with Crippen molar-refractivity contribution in [3.63, 3.8) is 0 Å². The number of β-amino-alcohol motifs (C(OH)–C–C–N with tert-alkyl or cyclic N) is 1. The normalized spacial score (nSPS) is 19.9. The SMILES string of the molecule is NCCC1(O)CN(Cc2ccccc2)C1. The highest BCUT2D eigenvalue weighted by atomic mass is 16.3. The number of aliphatic hydroxyl groups is 1. The van der Waals surface area contributed by atoms with Crippen molar-refractivity contribution in [2.24, 2.45) is 5.73 Å². The fourth-order valence-electron chi connectivity index (χ4n) is 2.17. The molecule has 0 bridgehead atoms. The summed E-state index contributed by atoms with van der Waals surface area (Å²) in [6.45, 7) is 2.99. The van der Waals surface area contributed by atoms with E-state index in [1.165, 1.54) is 5.56 Å². The lowest BCUT2D eigenvalue weighted by atomic mass is 9.90. The first-order valence-corrected chi connectivity index (χ1v) is 5.41. The zero-order valence-electron chi connectivity index (χ0n) is 8.89. The van der Waals surface area contributed by atoms with Crippen LogP contribution in [0.15, 0.2) is 30.3 Å². The molecule has 1 aromatic rings. The minimum atomic E-state index is -0.524. The monoisotopic (exact) mass is 206 g/mol. The number of hydrogen-bond donors (Lipinski definition) is 2. The quantitative estimate of drug-likeness (QED) is 0.757. The lowest BCUT2D eigenvalue weighted by molar-refractivity contribution is -0.104. The predicted molar refractivity (Wildman–Crippen MR) is 60.3 cm³/mol. The van der Waals surface area contributed by atoms with Crippen LogP contribution in [-0.4, -0.2) is 35.2 Å². The Balaban J connectivity index is 1.81. The Bertz CT molecular complexity index is 307. The summed E-state index contributed by atoms with van der Waals surface area (Å²) in [5.41, 5.74) is 6.22. The van der Waals surface area contributed by atoms with Gasteiger partial charge in [0.05, 0.1) is 5.60 Å². The molecule has 2 rings (SSSR count). The van der Waals surface area contributed by atoms with E-state index in [1.54, 1.807) is 0 Å². The first-order valence-electron chi connectivity index (χ1n) is 5.41. The Morgan fingerprint density at radius 3 is 2.53 bits per heavy atom. The van der Waals surface area contributed by atoms with Crippen molar-refractivity contribution in [3.05, 3.63) is 35.9 Å². The smallest absolute Gasteiger partial charge is 0.0912 e. The molecule has 0 radical (unpaired) electrons. The van der Waals surface area contributed by atoms with Gasteiger partial charge in [0, 0.05) is 19.6 Å². The Kier molecular flexibility index (Phi) is 3.05. The number of nitrogens with zero attached hydrogens (tertiary/aromatic N) is 1. The van der Waals surface area contributed by atoms with Gasteiger partial charge in [0.1, 0.15) is 0 Å². The molecule has 3 heteroatoms. The van der Waals surface area contributed by atoms with Crippen molar-refractivity contribution in [1.82, 2.24) is 4.90 Å². The summed E-state index contributed by atoms with van der Waals surface area (Å²) >= 11 is 0. The molecule has 3 N–H and O–H groups in total. The standard InChI is InChI=1S/C12H18N2O/c13-7-6-12(15)9-14(10-12)8-11-4-2-1-3-5-11/h1-5,15H,6-10,13H2. The molecule has 0 atom stereocenters. The molecule has 0 aliphatic carbocycles. The predicted octanol–water partition coefficient (Wildman–Crippen LogP) is 0.582. The van der Waals surface area contributed by atoms with E-state index in [9.17, 15) is 5.11 Å². The van der Waals surface area contributed by atoms with Gasteiger partial charge in [0.25, 0.3) is 0 Å². The summed E-state index contributed by atoms with van der Waals surface area (Å²) in [5, 5.41) is 9.94. The Morgan fingerprint density at radius 1 is 1.27 bits per heavy atom. The fourth-order valence-corrected chi connectivity index (χ4v) is 2.17. The highest BCUT2D eigenvalue weighted by Crippen LogP contribution is 2.25. The van der Waals surface area contributed by atoms with E-state index in [2.05, 4.69) is 17.0 Å². The molecule has 0 saturated carbocycles. The summed E-state index contributed by atoms with van der Waals surface area (Å²) in [7, 11) is 0. The van der Waals surface area contributed by atoms with E-state index >= 15 is 0 Å². The van der Waals surface area contributed by atoms with Gasteiger partial charge in [-0.1, -0.05) is 30.3 Å². The molecule has 0 spiro atoms. The molecular formula is C12H18N2O. The number of rotatable bonds is 4. The first-order chi connectivity index (χ1) is 7.22. The fraction of sp³-hybridized carbons (Fsp3) is 0.500. The highest BCUT2D eigenvalue weighted by Gasteiger charge is 2.39. The number of hydrogen-bond acceptors (Lipinski definition) is 3. The lowest BCUT2D eigenvalue weighted by Gasteiger charge is -2.46. The summed E-state index contributed by atoms with van der Waals surface area (Å²) in [6.07, 6.45) is 0.707. The van der Waals surface area contributed by atoms with Gasteiger partial charge >= 0.3 is 0 Å². The number of benzene rings is 1. The molecule has 1 heterocycles. The molecule has 1 fully saturated rings. The van der Waals surface area contributed by atoms with Gasteiger partial charge in [-0.15, -0.1) is 0 Å². The van der Waals surface area contributed by atoms with Crippen LogP contribution in [0.3, 0.4) is 0 Å². The largest absolute Gasteiger partial charge is 0.387 e. The second-order valence-electron chi connectivity index (χ2n) is 4.39. The minimum Gasteiger partial charge on any atom is -0.387 e. The zero-order valence-corrected chi connectivity index (χ0v) is 8.89. The number of likely N-dealkylation sites (tertiary alicyclic amines) is 1. The van der Waals surface area contributed by atoms with E-state index in [0.717, 1.165) is 19.6 Å². The second-order valence-corrected chi connectivity index (χ2v) is 4.39. The van der Waals surface area contributed by atoms with Crippen LogP contribution in [0.4, 0.5) is 0 Å². The van der Waals surface area contributed by atoms with E-state index in [-0.39, 0.29) is 0 Å². The van der Waals surface area contributed by atoms with Crippen molar-refractivity contribution >= 4 is 0 Å². The molecule has 0 aromatic heterocycles. The molecule has 1 aliphatic heterocycles. The molecule has 82 valence electrons. The van der Waals surface area contributed by atoms with Crippen molar-refractivity contribution < 1.29 is 5.11 Å². The second kappa shape index (κ2) is 4.31. The third kappa shape index (κ3) is 2.56. The van der Waals surface area contributed by atoms with Crippen molar-refractivity contribution in [2.75, 3.05) is 19.6 Å². The third-order valence-electron chi connectivity index (χ3n) is 2.89. The van der Waals surface area contributed by atoms with Gasteiger partial charge in [-0.2, -0.15) is 0 Å². The van der Waals surface area contributed by atoms with Crippen molar-refractivity contribution in [1.29, 1.82) is 0 Å². The van der Waals surface area contributed by atoms with Gasteiger partial charge in [0.2, 0.25) is 0 Å². The molecule has 1 aromatic carbocycles. The van der Waals surface area contributed by atoms with Crippen LogP contribution >= 0.6 is 0 Å². The Hall–Kier alpha value is -0.900. The van der Waals surface area contributed by atoms with Crippen LogP contribution in [0.5, 0.6) is 0 Å². The van der Waals surface area contributed by atoms with Gasteiger partial charge in [0.15, 0.2) is 0 Å².